The second-order valence-electron chi connectivity index (χ2n) is 4.86. The Labute approximate surface area is 124 Å². The van der Waals surface area contributed by atoms with Crippen LogP contribution in [0.3, 0.4) is 0 Å². The zero-order valence-corrected chi connectivity index (χ0v) is 13.9. The van der Waals surface area contributed by atoms with Crippen molar-refractivity contribution in [1.29, 1.82) is 0 Å². The highest BCUT2D eigenvalue weighted by atomic mass is 16.2. The Morgan fingerprint density at radius 2 is 1.75 bits per heavy atom. The number of carbonyl (C=O) groups excluding carboxylic acids is 1. The lowest BCUT2D eigenvalue weighted by Gasteiger charge is -2.25. The lowest BCUT2D eigenvalue weighted by atomic mass is 10.2. The number of carbonyl (C=O) groups is 1. The molecule has 0 aromatic carbocycles. The highest BCUT2D eigenvalue weighted by molar-refractivity contribution is 5.86. The lowest BCUT2D eigenvalue weighted by molar-refractivity contribution is -0.131. The average Bonchev–Trinajstić information content (AvgIpc) is 2.43. The van der Waals surface area contributed by atoms with E-state index in [1.54, 1.807) is 0 Å². The van der Waals surface area contributed by atoms with E-state index in [9.17, 15) is 4.79 Å². The maximum Gasteiger partial charge on any atom is 0.242 e. The van der Waals surface area contributed by atoms with Gasteiger partial charge in [0, 0.05) is 33.2 Å². The van der Waals surface area contributed by atoms with Gasteiger partial charge in [-0.05, 0) is 27.2 Å². The summed E-state index contributed by atoms with van der Waals surface area (Å²) >= 11 is 0. The van der Waals surface area contributed by atoms with Crippen LogP contribution in [0.25, 0.3) is 0 Å². The van der Waals surface area contributed by atoms with Crippen molar-refractivity contribution in [3.8, 4) is 0 Å². The maximum atomic E-state index is 12.1. The lowest BCUT2D eigenvalue weighted by Crippen LogP contribution is -2.45. The van der Waals surface area contributed by atoms with E-state index in [-0.39, 0.29) is 5.91 Å². The number of amides is 1. The molecular formula is C15H32N4O. The fraction of sp³-hybridized carbons (Fsp3) is 0.867. The Balaban J connectivity index is 4.47. The quantitative estimate of drug-likeness (QED) is 0.400. The Kier molecular flexibility index (Phi) is 10.8. The predicted octanol–water partition coefficient (Wildman–Crippen LogP) is 1.94. The molecule has 0 bridgehead atoms. The number of likely N-dealkylation sites (N-methyl/N-ethyl adjacent to an activating group) is 2. The molecule has 0 aliphatic rings. The van der Waals surface area contributed by atoms with Crippen molar-refractivity contribution in [1.82, 2.24) is 15.1 Å². The van der Waals surface area contributed by atoms with Crippen molar-refractivity contribution in [2.45, 2.75) is 47.0 Å². The van der Waals surface area contributed by atoms with Gasteiger partial charge >= 0.3 is 0 Å². The normalized spacial score (nSPS) is 11.3. The molecule has 0 saturated heterocycles. The van der Waals surface area contributed by atoms with Gasteiger partial charge in [-0.2, -0.15) is 0 Å². The van der Waals surface area contributed by atoms with Crippen molar-refractivity contribution in [2.24, 2.45) is 4.99 Å². The molecule has 20 heavy (non-hydrogen) atoms. The molecule has 0 aromatic rings. The molecule has 0 unspecified atom stereocenters. The minimum absolute atomic E-state index is 0.150. The number of unbranched alkanes of at least 4 members (excludes halogenated alkanes) is 2. The summed E-state index contributed by atoms with van der Waals surface area (Å²) in [5.41, 5.74) is 0. The summed E-state index contributed by atoms with van der Waals surface area (Å²) in [7, 11) is 1.92. The first-order valence-electron chi connectivity index (χ1n) is 7.87. The van der Waals surface area contributed by atoms with Crippen LogP contribution in [0, 0.1) is 0 Å². The van der Waals surface area contributed by atoms with Crippen molar-refractivity contribution in [3.63, 3.8) is 0 Å². The van der Waals surface area contributed by atoms with Crippen molar-refractivity contribution < 1.29 is 4.79 Å². The van der Waals surface area contributed by atoms with E-state index in [0.717, 1.165) is 38.6 Å². The zero-order chi connectivity index (χ0) is 15.4. The average molecular weight is 284 g/mol. The first kappa shape index (κ1) is 18.7. The summed E-state index contributed by atoms with van der Waals surface area (Å²) in [4.78, 5) is 20.4. The SMILES string of the molecule is CCCCCN=C(NCC)N(C)CC(=O)N(CC)CC. The second-order valence-corrected chi connectivity index (χ2v) is 4.86. The largest absolute Gasteiger partial charge is 0.357 e. The van der Waals surface area contributed by atoms with Crippen LogP contribution in [0.5, 0.6) is 0 Å². The molecule has 0 aliphatic heterocycles. The van der Waals surface area contributed by atoms with E-state index in [1.807, 2.05) is 37.6 Å². The monoisotopic (exact) mass is 284 g/mol. The number of hydrogen-bond acceptors (Lipinski definition) is 2. The Bertz CT molecular complexity index is 288. The fourth-order valence-electron chi connectivity index (χ4n) is 1.97. The summed E-state index contributed by atoms with van der Waals surface area (Å²) in [6.45, 7) is 11.8. The molecular weight excluding hydrogens is 252 g/mol. The highest BCUT2D eigenvalue weighted by Gasteiger charge is 2.14. The Morgan fingerprint density at radius 1 is 1.10 bits per heavy atom. The molecule has 0 heterocycles. The van der Waals surface area contributed by atoms with E-state index >= 15 is 0 Å². The van der Waals surface area contributed by atoms with Gasteiger partial charge in [0.2, 0.25) is 5.91 Å². The summed E-state index contributed by atoms with van der Waals surface area (Å²) in [6.07, 6.45) is 3.50. The van der Waals surface area contributed by atoms with Gasteiger partial charge in [0.1, 0.15) is 0 Å². The van der Waals surface area contributed by atoms with E-state index in [2.05, 4.69) is 17.2 Å². The zero-order valence-electron chi connectivity index (χ0n) is 13.9. The molecule has 0 radical (unpaired) electrons. The number of aliphatic imine (C=N–C) groups is 1. The van der Waals surface area contributed by atoms with Gasteiger partial charge in [-0.25, -0.2) is 0 Å². The molecule has 0 atom stereocenters. The van der Waals surface area contributed by atoms with Gasteiger partial charge in [0.05, 0.1) is 6.54 Å². The topological polar surface area (TPSA) is 47.9 Å². The van der Waals surface area contributed by atoms with Gasteiger partial charge in [-0.15, -0.1) is 0 Å². The number of rotatable bonds is 9. The van der Waals surface area contributed by atoms with Crippen LogP contribution >= 0.6 is 0 Å². The number of nitrogens with one attached hydrogen (secondary N) is 1. The second kappa shape index (κ2) is 11.6. The molecule has 0 saturated carbocycles. The molecule has 1 amide bonds. The third kappa shape index (κ3) is 7.36. The predicted molar refractivity (Wildman–Crippen MR) is 86.1 cm³/mol. The van der Waals surface area contributed by atoms with Gasteiger partial charge in [-0.3, -0.25) is 9.79 Å². The van der Waals surface area contributed by atoms with Crippen LogP contribution in [-0.2, 0) is 4.79 Å². The van der Waals surface area contributed by atoms with E-state index in [4.69, 9.17) is 0 Å². The first-order valence-corrected chi connectivity index (χ1v) is 7.87. The molecule has 118 valence electrons. The molecule has 5 nitrogen and oxygen atoms in total. The van der Waals surface area contributed by atoms with Crippen LogP contribution in [-0.4, -0.2) is 61.4 Å². The van der Waals surface area contributed by atoms with E-state index in [0.29, 0.717) is 6.54 Å². The molecule has 5 heteroatoms. The van der Waals surface area contributed by atoms with Crippen molar-refractivity contribution in [2.75, 3.05) is 39.8 Å². The third-order valence-electron chi connectivity index (χ3n) is 3.21. The minimum atomic E-state index is 0.150. The summed E-state index contributed by atoms with van der Waals surface area (Å²) < 4.78 is 0. The highest BCUT2D eigenvalue weighted by Crippen LogP contribution is 1.97. The molecule has 0 fully saturated rings. The third-order valence-corrected chi connectivity index (χ3v) is 3.21. The van der Waals surface area contributed by atoms with E-state index in [1.165, 1.54) is 12.8 Å². The number of nitrogens with zero attached hydrogens (tertiary/aromatic N) is 3. The minimum Gasteiger partial charge on any atom is -0.357 e. The van der Waals surface area contributed by atoms with Crippen molar-refractivity contribution in [3.05, 3.63) is 0 Å². The van der Waals surface area contributed by atoms with Crippen molar-refractivity contribution >= 4 is 11.9 Å². The molecule has 0 spiro atoms. The summed E-state index contributed by atoms with van der Waals surface area (Å²) in [5, 5.41) is 3.24. The van der Waals surface area contributed by atoms with Crippen LogP contribution < -0.4 is 5.32 Å². The van der Waals surface area contributed by atoms with Gasteiger partial charge in [0.15, 0.2) is 5.96 Å². The summed E-state index contributed by atoms with van der Waals surface area (Å²) in [5.74, 6) is 0.973. The Hall–Kier alpha value is -1.26. The van der Waals surface area contributed by atoms with E-state index < -0.39 is 0 Å². The first-order chi connectivity index (χ1) is 9.60. The number of guanidine groups is 1. The summed E-state index contributed by atoms with van der Waals surface area (Å²) in [6, 6.07) is 0. The van der Waals surface area contributed by atoms with Gasteiger partial charge < -0.3 is 15.1 Å². The Morgan fingerprint density at radius 3 is 2.25 bits per heavy atom. The van der Waals surface area contributed by atoms with Crippen LogP contribution in [0.2, 0.25) is 0 Å². The van der Waals surface area contributed by atoms with Crippen LogP contribution in [0.4, 0.5) is 0 Å². The fourth-order valence-corrected chi connectivity index (χ4v) is 1.97. The van der Waals surface area contributed by atoms with Gasteiger partial charge in [0.25, 0.3) is 0 Å². The molecule has 0 rings (SSSR count). The number of hydrogen-bond donors (Lipinski definition) is 1. The maximum absolute atomic E-state index is 12.1. The standard InChI is InChI=1S/C15H32N4O/c1-6-10-11-12-17-15(16-7-2)18(5)13-14(20)19(8-3)9-4/h6-13H2,1-5H3,(H,16,17). The molecule has 1 N–H and O–H groups in total. The molecule has 0 aromatic heterocycles. The van der Waals surface area contributed by atoms with Gasteiger partial charge in [-0.1, -0.05) is 19.8 Å². The van der Waals surface area contributed by atoms with Crippen LogP contribution in [0.15, 0.2) is 4.99 Å². The smallest absolute Gasteiger partial charge is 0.242 e. The molecule has 0 aliphatic carbocycles. The van der Waals surface area contributed by atoms with Crippen LogP contribution in [0.1, 0.15) is 47.0 Å².